The molecule has 0 saturated carbocycles. The zero-order valence-electron chi connectivity index (χ0n) is 14.7. The van der Waals surface area contributed by atoms with E-state index in [-0.39, 0.29) is 23.2 Å². The third-order valence-corrected chi connectivity index (χ3v) is 5.34. The Morgan fingerprint density at radius 2 is 1.88 bits per heavy atom. The van der Waals surface area contributed by atoms with Gasteiger partial charge in [-0.1, -0.05) is 18.6 Å². The number of amides is 1. The fourth-order valence-corrected chi connectivity index (χ4v) is 3.85. The Balaban J connectivity index is 0.00000338. The summed E-state index contributed by atoms with van der Waals surface area (Å²) in [6, 6.07) is 6.82. The molecular weight excluding hydrogens is 376 g/mol. The van der Waals surface area contributed by atoms with E-state index in [2.05, 4.69) is 15.0 Å². The lowest BCUT2D eigenvalue weighted by molar-refractivity contribution is -0.121. The summed E-state index contributed by atoms with van der Waals surface area (Å²) in [5.41, 5.74) is 6.02. The van der Waals surface area contributed by atoms with Crippen LogP contribution in [0.4, 0.5) is 0 Å². The molecule has 0 spiro atoms. The number of carbonyl (C=O) groups is 1. The van der Waals surface area contributed by atoms with E-state index in [0.29, 0.717) is 37.5 Å². The van der Waals surface area contributed by atoms with Gasteiger partial charge in [-0.3, -0.25) is 14.5 Å². The molecule has 1 aromatic rings. The molecule has 0 unspecified atom stereocenters. The summed E-state index contributed by atoms with van der Waals surface area (Å²) in [6.45, 7) is 1.87. The van der Waals surface area contributed by atoms with Crippen LogP contribution in [0.15, 0.2) is 34.2 Å². The van der Waals surface area contributed by atoms with Gasteiger partial charge < -0.3 is 11.1 Å². The standard InChI is InChI=1S/C17H26N4O3S.ClH/c18-11-5-7-12-19-16(22)10-2-1-6-13-20-17-14-8-3-4-9-15(14)25(23,24)21-17;/h3-4,8-9H,1-2,5-7,10-13,18H2,(H,19,22)(H,20,21);1H. The van der Waals surface area contributed by atoms with E-state index in [9.17, 15) is 13.2 Å². The Bertz CT molecular complexity index is 722. The van der Waals surface area contributed by atoms with E-state index in [1.165, 1.54) is 0 Å². The SMILES string of the molecule is Cl.NCCCCNC(=O)CCCCCN=C1NS(=O)(=O)c2ccccc21. The van der Waals surface area contributed by atoms with Crippen LogP contribution in [-0.4, -0.2) is 39.8 Å². The Hall–Kier alpha value is -1.64. The van der Waals surface area contributed by atoms with Crippen LogP contribution < -0.4 is 15.8 Å². The highest BCUT2D eigenvalue weighted by Gasteiger charge is 2.29. The zero-order chi connectivity index (χ0) is 18.1. The van der Waals surface area contributed by atoms with Crippen LogP contribution >= 0.6 is 12.4 Å². The minimum Gasteiger partial charge on any atom is -0.356 e. The largest absolute Gasteiger partial charge is 0.356 e. The number of unbranched alkanes of at least 4 members (excludes halogenated alkanes) is 3. The Labute approximate surface area is 161 Å². The van der Waals surface area contributed by atoms with E-state index in [4.69, 9.17) is 5.73 Å². The molecule has 0 bridgehead atoms. The molecule has 0 aliphatic carbocycles. The van der Waals surface area contributed by atoms with Gasteiger partial charge in [0.05, 0.1) is 4.90 Å². The number of rotatable bonds is 10. The van der Waals surface area contributed by atoms with Gasteiger partial charge in [-0.2, -0.15) is 0 Å². The molecule has 2 rings (SSSR count). The molecule has 0 aromatic heterocycles. The number of aliphatic imine (C=N–C) groups is 1. The summed E-state index contributed by atoms with van der Waals surface area (Å²) in [5.74, 6) is 0.481. The first-order chi connectivity index (χ1) is 12.0. The lowest BCUT2D eigenvalue weighted by Crippen LogP contribution is -2.24. The summed E-state index contributed by atoms with van der Waals surface area (Å²) in [7, 11) is -3.47. The summed E-state index contributed by atoms with van der Waals surface area (Å²) >= 11 is 0. The lowest BCUT2D eigenvalue weighted by atomic mass is 10.2. The van der Waals surface area contributed by atoms with Crippen molar-refractivity contribution in [3.63, 3.8) is 0 Å². The van der Waals surface area contributed by atoms with Gasteiger partial charge in [0.1, 0.15) is 5.84 Å². The quantitative estimate of drug-likeness (QED) is 0.515. The van der Waals surface area contributed by atoms with Crippen LogP contribution in [0.25, 0.3) is 0 Å². The van der Waals surface area contributed by atoms with Crippen LogP contribution in [0.5, 0.6) is 0 Å². The molecule has 7 nitrogen and oxygen atoms in total. The number of hydrogen-bond acceptors (Lipinski definition) is 5. The van der Waals surface area contributed by atoms with Crippen molar-refractivity contribution in [2.45, 2.75) is 43.4 Å². The van der Waals surface area contributed by atoms with Crippen molar-refractivity contribution >= 4 is 34.2 Å². The van der Waals surface area contributed by atoms with Crippen molar-refractivity contribution in [2.75, 3.05) is 19.6 Å². The maximum absolute atomic E-state index is 12.0. The van der Waals surface area contributed by atoms with Crippen LogP contribution in [0.2, 0.25) is 0 Å². The fourth-order valence-electron chi connectivity index (χ4n) is 2.60. The highest BCUT2D eigenvalue weighted by atomic mass is 35.5. The van der Waals surface area contributed by atoms with E-state index in [0.717, 1.165) is 32.1 Å². The van der Waals surface area contributed by atoms with Gasteiger partial charge in [0.2, 0.25) is 5.91 Å². The molecule has 146 valence electrons. The number of fused-ring (bicyclic) bond motifs is 1. The first-order valence-corrected chi connectivity index (χ1v) is 10.2. The van der Waals surface area contributed by atoms with Gasteiger partial charge in [0.15, 0.2) is 0 Å². The molecule has 1 aliphatic rings. The monoisotopic (exact) mass is 402 g/mol. The highest BCUT2D eigenvalue weighted by Crippen LogP contribution is 2.22. The average molecular weight is 403 g/mol. The van der Waals surface area contributed by atoms with Gasteiger partial charge in [-0.25, -0.2) is 8.42 Å². The van der Waals surface area contributed by atoms with Crippen molar-refractivity contribution in [1.29, 1.82) is 0 Å². The van der Waals surface area contributed by atoms with E-state index < -0.39 is 10.0 Å². The van der Waals surface area contributed by atoms with Crippen molar-refractivity contribution in [1.82, 2.24) is 10.0 Å². The number of nitrogens with two attached hydrogens (primary N) is 1. The second-order valence-corrected chi connectivity index (χ2v) is 7.64. The number of carbonyl (C=O) groups excluding carboxylic acids is 1. The Kier molecular flexibility index (Phi) is 9.61. The van der Waals surface area contributed by atoms with Crippen LogP contribution in [0.3, 0.4) is 0 Å². The summed E-state index contributed by atoms with van der Waals surface area (Å²) in [4.78, 5) is 16.2. The average Bonchev–Trinajstić information content (AvgIpc) is 2.86. The second kappa shape index (κ2) is 11.2. The maximum Gasteiger partial charge on any atom is 0.263 e. The van der Waals surface area contributed by atoms with Gasteiger partial charge in [-0.15, -0.1) is 12.4 Å². The molecule has 4 N–H and O–H groups in total. The smallest absolute Gasteiger partial charge is 0.263 e. The molecule has 1 amide bonds. The highest BCUT2D eigenvalue weighted by molar-refractivity contribution is 7.90. The fraction of sp³-hybridized carbons (Fsp3) is 0.529. The van der Waals surface area contributed by atoms with Gasteiger partial charge in [0, 0.05) is 25.1 Å². The van der Waals surface area contributed by atoms with E-state index in [1.54, 1.807) is 24.3 Å². The minimum atomic E-state index is -3.47. The minimum absolute atomic E-state index is 0. The van der Waals surface area contributed by atoms with Crippen molar-refractivity contribution in [2.24, 2.45) is 10.7 Å². The van der Waals surface area contributed by atoms with E-state index in [1.807, 2.05) is 0 Å². The zero-order valence-corrected chi connectivity index (χ0v) is 16.4. The van der Waals surface area contributed by atoms with Gasteiger partial charge in [-0.05, 0) is 44.4 Å². The van der Waals surface area contributed by atoms with Crippen LogP contribution in [0.1, 0.15) is 44.1 Å². The molecule has 26 heavy (non-hydrogen) atoms. The molecule has 0 atom stereocenters. The number of nitrogens with one attached hydrogen (secondary N) is 2. The lowest BCUT2D eigenvalue weighted by Gasteiger charge is -2.04. The van der Waals surface area contributed by atoms with Crippen molar-refractivity contribution in [3.05, 3.63) is 29.8 Å². The predicted octanol–water partition coefficient (Wildman–Crippen LogP) is 1.56. The second-order valence-electron chi connectivity index (χ2n) is 5.99. The third-order valence-electron chi connectivity index (χ3n) is 3.95. The number of hydrogen-bond donors (Lipinski definition) is 3. The molecule has 9 heteroatoms. The summed E-state index contributed by atoms with van der Waals surface area (Å²) in [5, 5.41) is 2.87. The third kappa shape index (κ3) is 6.59. The van der Waals surface area contributed by atoms with Crippen molar-refractivity contribution < 1.29 is 13.2 Å². The van der Waals surface area contributed by atoms with Crippen molar-refractivity contribution in [3.8, 4) is 0 Å². The number of sulfonamides is 1. The molecule has 0 saturated heterocycles. The first kappa shape index (κ1) is 22.4. The Morgan fingerprint density at radius 1 is 1.12 bits per heavy atom. The van der Waals surface area contributed by atoms with Crippen LogP contribution in [0, 0.1) is 0 Å². The number of amidine groups is 1. The topological polar surface area (TPSA) is 114 Å². The molecule has 1 aromatic carbocycles. The Morgan fingerprint density at radius 3 is 2.65 bits per heavy atom. The molecule has 0 fully saturated rings. The maximum atomic E-state index is 12.0. The van der Waals surface area contributed by atoms with Crippen LogP contribution in [-0.2, 0) is 14.8 Å². The number of benzene rings is 1. The van der Waals surface area contributed by atoms with Gasteiger partial charge in [0.25, 0.3) is 10.0 Å². The van der Waals surface area contributed by atoms with E-state index >= 15 is 0 Å². The normalized spacial score (nSPS) is 15.8. The molecule has 1 aliphatic heterocycles. The van der Waals surface area contributed by atoms with Gasteiger partial charge >= 0.3 is 0 Å². The predicted molar refractivity (Wildman–Crippen MR) is 105 cm³/mol. The number of halogens is 1. The molecule has 1 heterocycles. The molecular formula is C17H27ClN4O3S. The summed E-state index contributed by atoms with van der Waals surface area (Å²) in [6.07, 6.45) is 4.84. The first-order valence-electron chi connectivity index (χ1n) is 8.68. The molecule has 0 radical (unpaired) electrons. The number of nitrogens with zero attached hydrogens (tertiary/aromatic N) is 1. The summed E-state index contributed by atoms with van der Waals surface area (Å²) < 4.78 is 26.4.